The molecular weight excluding hydrogens is 390 g/mol. The second-order valence-electron chi connectivity index (χ2n) is 8.43. The number of nitrogens with zero attached hydrogens (tertiary/aromatic N) is 2. The molecule has 158 valence electrons. The van der Waals surface area contributed by atoms with Crippen LogP contribution in [0, 0.1) is 11.8 Å². The number of sulfonamides is 1. The van der Waals surface area contributed by atoms with Crippen LogP contribution in [0.3, 0.4) is 0 Å². The molecule has 2 heterocycles. The first kappa shape index (κ1) is 20.3. The Bertz CT molecular complexity index is 846. The standard InChI is InChI=1S/C21H29N3O4S/c25-20(16-8-9-16)24-12-4-5-17(15-24)21(26)23-13-10-18(11-14-23)22-29(27,28)19-6-2-1-3-7-19/h1-3,6-7,16-18,22H,4-5,8-15H2. The molecule has 1 N–H and O–H groups in total. The zero-order valence-electron chi connectivity index (χ0n) is 16.6. The van der Waals surface area contributed by atoms with Gasteiger partial charge in [0.25, 0.3) is 0 Å². The predicted octanol–water partition coefficient (Wildman–Crippen LogP) is 1.60. The van der Waals surface area contributed by atoms with E-state index in [2.05, 4.69) is 4.72 Å². The molecule has 0 bridgehead atoms. The maximum absolute atomic E-state index is 13.0. The average Bonchev–Trinajstić information content (AvgIpc) is 3.59. The van der Waals surface area contributed by atoms with E-state index in [0.717, 1.165) is 32.2 Å². The number of piperidine rings is 2. The van der Waals surface area contributed by atoms with Crippen molar-refractivity contribution in [2.75, 3.05) is 26.2 Å². The van der Waals surface area contributed by atoms with E-state index in [1.807, 2.05) is 9.80 Å². The number of likely N-dealkylation sites (tertiary alicyclic amines) is 2. The van der Waals surface area contributed by atoms with Gasteiger partial charge in [-0.2, -0.15) is 0 Å². The molecule has 2 amide bonds. The molecule has 8 heteroatoms. The summed E-state index contributed by atoms with van der Waals surface area (Å²) in [5.41, 5.74) is 0. The number of hydrogen-bond donors (Lipinski definition) is 1. The van der Waals surface area contributed by atoms with Crippen molar-refractivity contribution in [2.45, 2.75) is 49.5 Å². The highest BCUT2D eigenvalue weighted by atomic mass is 32.2. The summed E-state index contributed by atoms with van der Waals surface area (Å²) in [6.45, 7) is 2.40. The molecule has 29 heavy (non-hydrogen) atoms. The van der Waals surface area contributed by atoms with Crippen LogP contribution in [-0.2, 0) is 19.6 Å². The topological polar surface area (TPSA) is 86.8 Å². The van der Waals surface area contributed by atoms with Crippen molar-refractivity contribution in [1.82, 2.24) is 14.5 Å². The van der Waals surface area contributed by atoms with E-state index in [9.17, 15) is 18.0 Å². The Morgan fingerprint density at radius 3 is 2.14 bits per heavy atom. The first-order chi connectivity index (χ1) is 13.9. The molecule has 4 rings (SSSR count). The molecule has 1 aromatic carbocycles. The summed E-state index contributed by atoms with van der Waals surface area (Å²) in [6.07, 6.45) is 4.89. The van der Waals surface area contributed by atoms with Crippen LogP contribution >= 0.6 is 0 Å². The Balaban J connectivity index is 1.29. The Labute approximate surface area is 172 Å². The molecule has 3 fully saturated rings. The SMILES string of the molecule is O=C(C1CCCN(C(=O)C2CC2)C1)N1CCC(NS(=O)(=O)c2ccccc2)CC1. The van der Waals surface area contributed by atoms with Gasteiger partial charge in [0.05, 0.1) is 10.8 Å². The first-order valence-electron chi connectivity index (χ1n) is 10.6. The van der Waals surface area contributed by atoms with E-state index in [1.54, 1.807) is 30.3 Å². The van der Waals surface area contributed by atoms with E-state index < -0.39 is 10.0 Å². The van der Waals surface area contributed by atoms with Gasteiger partial charge in [-0.1, -0.05) is 18.2 Å². The highest BCUT2D eigenvalue weighted by Gasteiger charge is 2.38. The minimum absolute atomic E-state index is 0.114. The lowest BCUT2D eigenvalue weighted by atomic mass is 9.94. The lowest BCUT2D eigenvalue weighted by Gasteiger charge is -2.38. The molecule has 0 spiro atoms. The molecule has 0 radical (unpaired) electrons. The highest BCUT2D eigenvalue weighted by molar-refractivity contribution is 7.89. The third-order valence-corrected chi connectivity index (χ3v) is 7.73. The molecule has 3 aliphatic rings. The first-order valence-corrected chi connectivity index (χ1v) is 12.1. The Morgan fingerprint density at radius 1 is 0.828 bits per heavy atom. The Kier molecular flexibility index (Phi) is 5.92. The van der Waals surface area contributed by atoms with Crippen LogP contribution in [0.4, 0.5) is 0 Å². The largest absolute Gasteiger partial charge is 0.342 e. The monoisotopic (exact) mass is 419 g/mol. The molecule has 2 saturated heterocycles. The van der Waals surface area contributed by atoms with Crippen LogP contribution in [0.15, 0.2) is 35.2 Å². The molecule has 1 atom stereocenters. The molecule has 7 nitrogen and oxygen atoms in total. The third-order valence-electron chi connectivity index (χ3n) is 6.19. The van der Waals surface area contributed by atoms with Gasteiger partial charge < -0.3 is 9.80 Å². The van der Waals surface area contributed by atoms with Crippen LogP contribution in [-0.4, -0.2) is 62.3 Å². The lowest BCUT2D eigenvalue weighted by molar-refractivity contribution is -0.142. The number of benzene rings is 1. The lowest BCUT2D eigenvalue weighted by Crippen LogP contribution is -2.51. The zero-order chi connectivity index (χ0) is 20.4. The molecule has 1 unspecified atom stereocenters. The third kappa shape index (κ3) is 4.80. The van der Waals surface area contributed by atoms with Gasteiger partial charge >= 0.3 is 0 Å². The van der Waals surface area contributed by atoms with Gasteiger partial charge in [0.1, 0.15) is 0 Å². The number of hydrogen-bond acceptors (Lipinski definition) is 4. The maximum atomic E-state index is 13.0. The van der Waals surface area contributed by atoms with Crippen molar-refractivity contribution in [3.63, 3.8) is 0 Å². The average molecular weight is 420 g/mol. The zero-order valence-corrected chi connectivity index (χ0v) is 17.4. The number of rotatable bonds is 5. The summed E-state index contributed by atoms with van der Waals surface area (Å²) in [7, 11) is -3.53. The summed E-state index contributed by atoms with van der Waals surface area (Å²) in [5, 5.41) is 0. The van der Waals surface area contributed by atoms with Crippen LogP contribution in [0.2, 0.25) is 0 Å². The number of carbonyl (C=O) groups is 2. The fourth-order valence-corrected chi connectivity index (χ4v) is 5.66. The van der Waals surface area contributed by atoms with Gasteiger partial charge in [-0.25, -0.2) is 13.1 Å². The van der Waals surface area contributed by atoms with Crippen LogP contribution in [0.5, 0.6) is 0 Å². The minimum Gasteiger partial charge on any atom is -0.342 e. The van der Waals surface area contributed by atoms with Crippen molar-refractivity contribution in [2.24, 2.45) is 11.8 Å². The molecule has 0 aromatic heterocycles. The van der Waals surface area contributed by atoms with Gasteiger partial charge in [-0.3, -0.25) is 9.59 Å². The van der Waals surface area contributed by atoms with Crippen molar-refractivity contribution in [1.29, 1.82) is 0 Å². The summed E-state index contributed by atoms with van der Waals surface area (Å²) in [4.78, 5) is 29.3. The van der Waals surface area contributed by atoms with Crippen molar-refractivity contribution in [3.8, 4) is 0 Å². The Hall–Kier alpha value is -1.93. The maximum Gasteiger partial charge on any atom is 0.240 e. The number of amides is 2. The van der Waals surface area contributed by atoms with Crippen molar-refractivity contribution < 1.29 is 18.0 Å². The van der Waals surface area contributed by atoms with E-state index in [1.165, 1.54) is 0 Å². The number of carbonyl (C=O) groups excluding carboxylic acids is 2. The van der Waals surface area contributed by atoms with Gasteiger partial charge in [-0.15, -0.1) is 0 Å². The second-order valence-corrected chi connectivity index (χ2v) is 10.1. The molecule has 1 aromatic rings. The summed E-state index contributed by atoms with van der Waals surface area (Å²) < 4.78 is 27.8. The summed E-state index contributed by atoms with van der Waals surface area (Å²) >= 11 is 0. The molecule has 2 aliphatic heterocycles. The predicted molar refractivity (Wildman–Crippen MR) is 108 cm³/mol. The van der Waals surface area contributed by atoms with E-state index >= 15 is 0 Å². The van der Waals surface area contributed by atoms with E-state index in [0.29, 0.717) is 32.5 Å². The fourth-order valence-electron chi connectivity index (χ4n) is 4.33. The van der Waals surface area contributed by atoms with Gasteiger partial charge in [0.15, 0.2) is 0 Å². The molecular formula is C21H29N3O4S. The van der Waals surface area contributed by atoms with Gasteiger partial charge in [-0.05, 0) is 50.7 Å². The van der Waals surface area contributed by atoms with Crippen molar-refractivity contribution in [3.05, 3.63) is 30.3 Å². The van der Waals surface area contributed by atoms with Gasteiger partial charge in [0, 0.05) is 38.1 Å². The van der Waals surface area contributed by atoms with Gasteiger partial charge in [0.2, 0.25) is 21.8 Å². The van der Waals surface area contributed by atoms with Crippen LogP contribution in [0.1, 0.15) is 38.5 Å². The molecule has 1 aliphatic carbocycles. The quantitative estimate of drug-likeness (QED) is 0.786. The smallest absolute Gasteiger partial charge is 0.240 e. The normalized spacial score (nSPS) is 23.8. The Morgan fingerprint density at radius 2 is 1.48 bits per heavy atom. The summed E-state index contributed by atoms with van der Waals surface area (Å²) in [5.74, 6) is 0.403. The summed E-state index contributed by atoms with van der Waals surface area (Å²) in [6, 6.07) is 8.20. The minimum atomic E-state index is -3.53. The van der Waals surface area contributed by atoms with Crippen molar-refractivity contribution >= 4 is 21.8 Å². The molecule has 1 saturated carbocycles. The second kappa shape index (κ2) is 8.44. The fraction of sp³-hybridized carbons (Fsp3) is 0.619. The van der Waals surface area contributed by atoms with E-state index in [-0.39, 0.29) is 34.6 Å². The van der Waals surface area contributed by atoms with Crippen LogP contribution in [0.25, 0.3) is 0 Å². The number of nitrogens with one attached hydrogen (secondary N) is 1. The van der Waals surface area contributed by atoms with Crippen LogP contribution < -0.4 is 4.72 Å². The van der Waals surface area contributed by atoms with E-state index in [4.69, 9.17) is 0 Å². The highest BCUT2D eigenvalue weighted by Crippen LogP contribution is 2.33.